The van der Waals surface area contributed by atoms with E-state index in [2.05, 4.69) is 0 Å². The lowest BCUT2D eigenvalue weighted by Crippen LogP contribution is -2.58. The third kappa shape index (κ3) is 5.68. The van der Waals surface area contributed by atoms with Gasteiger partial charge >= 0.3 is 21.2 Å². The molecule has 0 aliphatic carbocycles. The van der Waals surface area contributed by atoms with Crippen molar-refractivity contribution in [3.8, 4) is 0 Å². The fourth-order valence-electron chi connectivity index (χ4n) is 1.45. The van der Waals surface area contributed by atoms with E-state index >= 15 is 0 Å². The van der Waals surface area contributed by atoms with Crippen LogP contribution in [0.4, 0.5) is 0 Å². The minimum atomic E-state index is -4.82. The summed E-state index contributed by atoms with van der Waals surface area (Å²) in [5.41, 5.74) is -2.80. The molecule has 19 heavy (non-hydrogen) atoms. The van der Waals surface area contributed by atoms with Crippen molar-refractivity contribution in [2.45, 2.75) is 19.6 Å². The zero-order chi connectivity index (χ0) is 15.6. The molecule has 6 N–H and O–H groups in total. The minimum Gasteiger partial charge on any atom is -0.478 e. The molecule has 0 saturated carbocycles. The molecule has 0 amide bonds. The highest BCUT2D eigenvalue weighted by Crippen LogP contribution is 2.44. The molecule has 0 radical (unpaired) electrons. The number of hydrogen-bond acceptors (Lipinski definition) is 5. The van der Waals surface area contributed by atoms with Crippen LogP contribution in [0.1, 0.15) is 13.8 Å². The molecule has 0 bridgehead atoms. The monoisotopic (exact) mass is 321 g/mol. The van der Waals surface area contributed by atoms with E-state index in [1.165, 1.54) is 13.8 Å². The van der Waals surface area contributed by atoms with Crippen molar-refractivity contribution < 1.29 is 43.7 Å². The molecule has 0 rings (SSSR count). The number of carbonyl (C=O) groups is 1. The summed E-state index contributed by atoms with van der Waals surface area (Å²) >= 11 is 0. The van der Waals surface area contributed by atoms with E-state index in [0.717, 1.165) is 0 Å². The van der Waals surface area contributed by atoms with Crippen molar-refractivity contribution >= 4 is 21.2 Å². The van der Waals surface area contributed by atoms with Crippen molar-refractivity contribution in [3.05, 3.63) is 0 Å². The Balaban J connectivity index is 5.61. The molecular formula is C7H17NO9P2. The third-order valence-electron chi connectivity index (χ3n) is 2.31. The maximum atomic E-state index is 11.1. The molecule has 0 heterocycles. The van der Waals surface area contributed by atoms with Gasteiger partial charge in [-0.25, -0.2) is 9.69 Å². The van der Waals surface area contributed by atoms with E-state index in [4.69, 9.17) is 24.7 Å². The van der Waals surface area contributed by atoms with E-state index in [0.29, 0.717) is 0 Å². The van der Waals surface area contributed by atoms with Crippen LogP contribution in [0.2, 0.25) is 0 Å². The first-order valence-corrected chi connectivity index (χ1v) is 8.59. The van der Waals surface area contributed by atoms with E-state index in [1.807, 2.05) is 0 Å². The van der Waals surface area contributed by atoms with Gasteiger partial charge in [0.2, 0.25) is 5.72 Å². The third-order valence-corrected chi connectivity index (χ3v) is 3.73. The van der Waals surface area contributed by atoms with Gasteiger partial charge in [-0.2, -0.15) is 0 Å². The molecule has 0 fully saturated rings. The van der Waals surface area contributed by atoms with Crippen LogP contribution < -0.4 is 0 Å². The van der Waals surface area contributed by atoms with Crippen molar-refractivity contribution in [3.63, 3.8) is 0 Å². The van der Waals surface area contributed by atoms with Crippen LogP contribution in [0, 0.1) is 5.92 Å². The molecule has 12 heteroatoms. The molecule has 0 unspecified atom stereocenters. The van der Waals surface area contributed by atoms with Gasteiger partial charge in [0.15, 0.2) is 0 Å². The predicted octanol–water partition coefficient (Wildman–Crippen LogP) is -1.01. The number of aliphatic carboxylic acids is 1. The van der Waals surface area contributed by atoms with Crippen LogP contribution in [0.5, 0.6) is 0 Å². The van der Waals surface area contributed by atoms with Crippen LogP contribution >= 0.6 is 15.2 Å². The van der Waals surface area contributed by atoms with Crippen molar-refractivity contribution in [1.82, 2.24) is 4.90 Å². The maximum Gasteiger partial charge on any atom is 0.351 e. The Hall–Kier alpha value is -0.310. The average Bonchev–Trinajstić information content (AvgIpc) is 2.09. The molecule has 1 atom stereocenters. The maximum absolute atomic E-state index is 11.1. The molecule has 0 spiro atoms. The molecular weight excluding hydrogens is 304 g/mol. The van der Waals surface area contributed by atoms with Crippen LogP contribution in [0.25, 0.3) is 0 Å². The molecule has 0 aliphatic rings. The Kier molecular flexibility index (Phi) is 5.89. The highest BCUT2D eigenvalue weighted by molar-refractivity contribution is 7.52. The van der Waals surface area contributed by atoms with Crippen molar-refractivity contribution in [2.75, 3.05) is 12.6 Å². The van der Waals surface area contributed by atoms with Crippen molar-refractivity contribution in [1.29, 1.82) is 0 Å². The number of aliphatic hydroxyl groups is 1. The Bertz CT molecular complexity index is 402. The second kappa shape index (κ2) is 5.99. The summed E-state index contributed by atoms with van der Waals surface area (Å²) in [7, 11) is -9.65. The first kappa shape index (κ1) is 18.7. The van der Waals surface area contributed by atoms with Crippen LogP contribution in [0.3, 0.4) is 0 Å². The van der Waals surface area contributed by atoms with Gasteiger partial charge in [-0.1, -0.05) is 13.8 Å². The smallest absolute Gasteiger partial charge is 0.351 e. The van der Waals surface area contributed by atoms with Gasteiger partial charge in [-0.05, 0) is 0 Å². The Morgan fingerprint density at radius 2 is 1.42 bits per heavy atom. The van der Waals surface area contributed by atoms with Gasteiger partial charge in [-0.15, -0.1) is 0 Å². The van der Waals surface area contributed by atoms with E-state index in [9.17, 15) is 19.0 Å². The summed E-state index contributed by atoms with van der Waals surface area (Å²) in [6, 6.07) is 0. The zero-order valence-corrected chi connectivity index (χ0v) is 12.0. The SMILES string of the molecule is CC(C)[C@@](O)(C(=O)O)N(CP(=O)(O)O)CP(=O)(O)O. The van der Waals surface area contributed by atoms with Gasteiger partial charge in [0.25, 0.3) is 0 Å². The molecule has 0 saturated heterocycles. The minimum absolute atomic E-state index is 0.182. The molecule has 0 aromatic rings. The summed E-state index contributed by atoms with van der Waals surface area (Å²) < 4.78 is 21.8. The lowest BCUT2D eigenvalue weighted by molar-refractivity contribution is -0.190. The molecule has 0 aliphatic heterocycles. The molecule has 114 valence electrons. The number of carboxylic acid groups (broad SMARTS) is 1. The molecule has 0 aromatic heterocycles. The Morgan fingerprint density at radius 1 is 1.11 bits per heavy atom. The number of nitrogens with zero attached hydrogens (tertiary/aromatic N) is 1. The topological polar surface area (TPSA) is 176 Å². The van der Waals surface area contributed by atoms with Gasteiger partial charge in [-0.3, -0.25) is 9.13 Å². The van der Waals surface area contributed by atoms with Crippen LogP contribution in [0.15, 0.2) is 0 Å². The Labute approximate surface area is 109 Å². The zero-order valence-electron chi connectivity index (χ0n) is 10.2. The number of rotatable bonds is 7. The van der Waals surface area contributed by atoms with Gasteiger partial charge in [0, 0.05) is 5.92 Å². The molecule has 0 aromatic carbocycles. The second-order valence-corrected chi connectivity index (χ2v) is 7.56. The highest BCUT2D eigenvalue weighted by atomic mass is 31.2. The summed E-state index contributed by atoms with van der Waals surface area (Å²) in [6.07, 6.45) is -2.59. The summed E-state index contributed by atoms with van der Waals surface area (Å²) in [5.74, 6) is -2.92. The standard InChI is InChI=1S/C7H17NO9P2/c1-5(2)7(11,6(9)10)8(3-18(12,13)14)4-19(15,16)17/h5,11H,3-4H2,1-2H3,(H,9,10)(H2,12,13,14)(H2,15,16,17)/t7-/m1/s1. The summed E-state index contributed by atoms with van der Waals surface area (Å²) in [5, 5.41) is 19.0. The second-order valence-electron chi connectivity index (χ2n) is 4.34. The fourth-order valence-corrected chi connectivity index (χ4v) is 3.13. The first-order valence-electron chi connectivity index (χ1n) is 5.00. The van der Waals surface area contributed by atoms with E-state index in [1.54, 1.807) is 0 Å². The fraction of sp³-hybridized carbons (Fsp3) is 0.857. The van der Waals surface area contributed by atoms with Crippen molar-refractivity contribution in [2.24, 2.45) is 5.92 Å². The molecule has 10 nitrogen and oxygen atoms in total. The van der Waals surface area contributed by atoms with Gasteiger partial charge in [0.1, 0.15) is 12.6 Å². The average molecular weight is 321 g/mol. The Morgan fingerprint density at radius 3 is 1.58 bits per heavy atom. The quantitative estimate of drug-likeness (QED) is 0.251. The summed E-state index contributed by atoms with van der Waals surface area (Å²) in [4.78, 5) is 46.6. The highest BCUT2D eigenvalue weighted by Gasteiger charge is 2.49. The van der Waals surface area contributed by atoms with E-state index < -0.39 is 45.4 Å². The normalized spacial score (nSPS) is 16.7. The predicted molar refractivity (Wildman–Crippen MR) is 63.1 cm³/mol. The van der Waals surface area contributed by atoms with Gasteiger partial charge in [0.05, 0.1) is 0 Å². The van der Waals surface area contributed by atoms with E-state index in [-0.39, 0.29) is 4.90 Å². The van der Waals surface area contributed by atoms with Gasteiger partial charge < -0.3 is 29.8 Å². The largest absolute Gasteiger partial charge is 0.478 e. The number of hydrogen-bond donors (Lipinski definition) is 6. The number of carboxylic acids is 1. The van der Waals surface area contributed by atoms with Crippen LogP contribution in [-0.2, 0) is 13.9 Å². The lowest BCUT2D eigenvalue weighted by atomic mass is 9.99. The lowest BCUT2D eigenvalue weighted by Gasteiger charge is -2.38. The first-order chi connectivity index (χ1) is 8.20. The van der Waals surface area contributed by atoms with Crippen LogP contribution in [-0.4, -0.2) is 59.0 Å². The summed E-state index contributed by atoms with van der Waals surface area (Å²) in [6.45, 7) is 2.47.